The van der Waals surface area contributed by atoms with E-state index in [9.17, 15) is 4.79 Å². The largest absolute Gasteiger partial charge is 0.444 e. The molecule has 0 spiro atoms. The van der Waals surface area contributed by atoms with Crippen LogP contribution >= 0.6 is 11.6 Å². The molecule has 5 heteroatoms. The van der Waals surface area contributed by atoms with Crippen LogP contribution < -0.4 is 10.6 Å². The minimum Gasteiger partial charge on any atom is -0.444 e. The highest BCUT2D eigenvalue weighted by Gasteiger charge is 2.24. The molecule has 0 saturated carbocycles. The molecule has 0 aromatic heterocycles. The molecule has 0 bridgehead atoms. The fraction of sp³-hybridized carbons (Fsp3) is 0.750. The zero-order valence-electron chi connectivity index (χ0n) is 11.3. The van der Waals surface area contributed by atoms with Crippen molar-refractivity contribution in [3.8, 4) is 0 Å². The minimum absolute atomic E-state index is 0.408. The number of carbonyl (C=O) groups excluding carboxylic acids is 1. The summed E-state index contributed by atoms with van der Waals surface area (Å²) in [5.41, 5.74) is -0.896. The van der Waals surface area contributed by atoms with Crippen molar-refractivity contribution < 1.29 is 9.53 Å². The Morgan fingerprint density at radius 3 is 2.24 bits per heavy atom. The topological polar surface area (TPSA) is 50.4 Å². The first kappa shape index (κ1) is 16.3. The van der Waals surface area contributed by atoms with Crippen molar-refractivity contribution in [2.24, 2.45) is 0 Å². The van der Waals surface area contributed by atoms with Crippen LogP contribution in [0.15, 0.2) is 11.6 Å². The van der Waals surface area contributed by atoms with E-state index >= 15 is 0 Å². The highest BCUT2D eigenvalue weighted by Crippen LogP contribution is 2.09. The first-order chi connectivity index (χ1) is 7.52. The average molecular weight is 263 g/mol. The van der Waals surface area contributed by atoms with Crippen LogP contribution in [0.3, 0.4) is 0 Å². The predicted molar refractivity (Wildman–Crippen MR) is 71.3 cm³/mol. The summed E-state index contributed by atoms with van der Waals surface area (Å²) < 4.78 is 5.18. The fourth-order valence-corrected chi connectivity index (χ4v) is 1.23. The molecule has 0 fully saturated rings. The minimum atomic E-state index is -0.488. The van der Waals surface area contributed by atoms with Crippen molar-refractivity contribution >= 4 is 17.7 Å². The summed E-state index contributed by atoms with van der Waals surface area (Å²) in [7, 11) is 0. The van der Waals surface area contributed by atoms with Gasteiger partial charge in [-0.05, 0) is 34.6 Å². The molecular weight excluding hydrogens is 240 g/mol. The van der Waals surface area contributed by atoms with Gasteiger partial charge < -0.3 is 15.4 Å². The maximum Gasteiger partial charge on any atom is 0.408 e. The van der Waals surface area contributed by atoms with Gasteiger partial charge in [0.2, 0.25) is 0 Å². The number of hydrogen-bond donors (Lipinski definition) is 2. The first-order valence-corrected chi connectivity index (χ1v) is 5.95. The number of halogens is 1. The third kappa shape index (κ3) is 10.1. The highest BCUT2D eigenvalue weighted by atomic mass is 35.5. The van der Waals surface area contributed by atoms with Crippen LogP contribution in [0.25, 0.3) is 0 Å². The van der Waals surface area contributed by atoms with Gasteiger partial charge in [-0.25, -0.2) is 4.79 Å². The summed E-state index contributed by atoms with van der Waals surface area (Å²) in [5.74, 6) is 0. The monoisotopic (exact) mass is 262 g/mol. The van der Waals surface area contributed by atoms with Gasteiger partial charge in [-0.2, -0.15) is 0 Å². The van der Waals surface area contributed by atoms with E-state index in [1.165, 1.54) is 0 Å². The van der Waals surface area contributed by atoms with E-state index in [0.29, 0.717) is 18.1 Å². The molecule has 2 N–H and O–H groups in total. The molecule has 0 saturated heterocycles. The number of carbonyl (C=O) groups is 1. The van der Waals surface area contributed by atoms with Gasteiger partial charge >= 0.3 is 6.09 Å². The molecule has 0 rings (SSSR count). The van der Waals surface area contributed by atoms with Crippen molar-refractivity contribution in [3.63, 3.8) is 0 Å². The van der Waals surface area contributed by atoms with Crippen LogP contribution in [-0.4, -0.2) is 30.3 Å². The lowest BCUT2D eigenvalue weighted by Crippen LogP contribution is -2.51. The van der Waals surface area contributed by atoms with E-state index in [2.05, 4.69) is 17.2 Å². The first-order valence-electron chi connectivity index (χ1n) is 5.57. The molecule has 0 heterocycles. The second-order valence-corrected chi connectivity index (χ2v) is 6.17. The van der Waals surface area contributed by atoms with E-state index in [1.54, 1.807) is 0 Å². The van der Waals surface area contributed by atoms with Crippen molar-refractivity contribution in [1.82, 2.24) is 10.6 Å². The highest BCUT2D eigenvalue weighted by molar-refractivity contribution is 6.29. The van der Waals surface area contributed by atoms with Crippen molar-refractivity contribution in [2.75, 3.05) is 13.1 Å². The lowest BCUT2D eigenvalue weighted by atomic mass is 10.1. The van der Waals surface area contributed by atoms with Crippen LogP contribution in [-0.2, 0) is 4.74 Å². The van der Waals surface area contributed by atoms with Gasteiger partial charge in [0, 0.05) is 18.1 Å². The van der Waals surface area contributed by atoms with Crippen LogP contribution in [0, 0.1) is 0 Å². The van der Waals surface area contributed by atoms with Crippen LogP contribution in [0.5, 0.6) is 0 Å². The number of ether oxygens (including phenoxy) is 1. The third-order valence-corrected chi connectivity index (χ3v) is 1.86. The molecule has 0 aliphatic carbocycles. The molecule has 0 aliphatic rings. The lowest BCUT2D eigenvalue weighted by Gasteiger charge is -2.28. The maximum absolute atomic E-state index is 11.6. The third-order valence-electron chi connectivity index (χ3n) is 1.72. The Balaban J connectivity index is 4.07. The van der Waals surface area contributed by atoms with E-state index in [-0.39, 0.29) is 0 Å². The van der Waals surface area contributed by atoms with Crippen LogP contribution in [0.4, 0.5) is 4.79 Å². The van der Waals surface area contributed by atoms with Gasteiger partial charge in [0.1, 0.15) is 5.60 Å². The van der Waals surface area contributed by atoms with Crippen LogP contribution in [0.1, 0.15) is 34.6 Å². The normalized spacial score (nSPS) is 12.1. The Morgan fingerprint density at radius 1 is 1.29 bits per heavy atom. The predicted octanol–water partition coefficient (Wildman–Crippen LogP) is 2.63. The van der Waals surface area contributed by atoms with Gasteiger partial charge in [0.15, 0.2) is 0 Å². The Kier molecular flexibility index (Phi) is 5.99. The molecule has 0 unspecified atom stereocenters. The summed E-state index contributed by atoms with van der Waals surface area (Å²) >= 11 is 5.63. The van der Waals surface area contributed by atoms with E-state index in [1.807, 2.05) is 34.6 Å². The van der Waals surface area contributed by atoms with Crippen LogP contribution in [0.2, 0.25) is 0 Å². The summed E-state index contributed by atoms with van der Waals surface area (Å²) in [6.07, 6.45) is -0.422. The van der Waals surface area contributed by atoms with Gasteiger partial charge in [0.05, 0.1) is 5.54 Å². The smallest absolute Gasteiger partial charge is 0.408 e. The lowest BCUT2D eigenvalue weighted by molar-refractivity contribution is 0.0472. The Bertz CT molecular complexity index is 283. The molecular formula is C12H23ClN2O2. The number of nitrogens with one attached hydrogen (secondary N) is 2. The molecule has 17 heavy (non-hydrogen) atoms. The molecule has 0 aromatic rings. The van der Waals surface area contributed by atoms with Crippen molar-refractivity contribution in [3.05, 3.63) is 11.6 Å². The zero-order chi connectivity index (χ0) is 13.7. The summed E-state index contributed by atoms with van der Waals surface area (Å²) in [4.78, 5) is 11.6. The van der Waals surface area contributed by atoms with Gasteiger partial charge in [-0.3, -0.25) is 0 Å². The van der Waals surface area contributed by atoms with Gasteiger partial charge in [-0.15, -0.1) is 0 Å². The molecule has 1 amide bonds. The molecule has 0 atom stereocenters. The Labute approximate surface area is 109 Å². The van der Waals surface area contributed by atoms with Gasteiger partial charge in [0.25, 0.3) is 0 Å². The van der Waals surface area contributed by atoms with Crippen molar-refractivity contribution in [2.45, 2.75) is 45.8 Å². The summed E-state index contributed by atoms with van der Waals surface area (Å²) in [6.45, 7) is 14.0. The fourth-order valence-electron chi connectivity index (χ4n) is 1.13. The number of alkyl carbamates (subject to hydrolysis) is 1. The molecule has 0 radical (unpaired) electrons. The van der Waals surface area contributed by atoms with Crippen molar-refractivity contribution in [1.29, 1.82) is 0 Å². The Hall–Kier alpha value is -0.740. The standard InChI is InChI=1S/C12H23ClN2O2/c1-9(13)7-14-8-12(5,6)15-10(16)17-11(2,3)4/h14H,1,7-8H2,2-6H3,(H,15,16). The maximum atomic E-state index is 11.6. The molecule has 0 aliphatic heterocycles. The second kappa shape index (κ2) is 6.26. The SMILES string of the molecule is C=C(Cl)CNCC(C)(C)NC(=O)OC(C)(C)C. The number of hydrogen-bond acceptors (Lipinski definition) is 3. The number of rotatable bonds is 5. The molecule has 4 nitrogen and oxygen atoms in total. The quantitative estimate of drug-likeness (QED) is 0.801. The number of amides is 1. The zero-order valence-corrected chi connectivity index (χ0v) is 12.1. The Morgan fingerprint density at radius 2 is 1.82 bits per heavy atom. The second-order valence-electron chi connectivity index (χ2n) is 5.63. The average Bonchev–Trinajstić information content (AvgIpc) is 1.96. The molecule has 0 aromatic carbocycles. The van der Waals surface area contributed by atoms with Gasteiger partial charge in [-0.1, -0.05) is 18.2 Å². The van der Waals surface area contributed by atoms with E-state index in [0.717, 1.165) is 0 Å². The summed E-state index contributed by atoms with van der Waals surface area (Å²) in [5, 5.41) is 6.42. The van der Waals surface area contributed by atoms with E-state index in [4.69, 9.17) is 16.3 Å². The van der Waals surface area contributed by atoms with E-state index < -0.39 is 17.2 Å². The summed E-state index contributed by atoms with van der Waals surface area (Å²) in [6, 6.07) is 0. The molecule has 100 valence electrons.